The van der Waals surface area contributed by atoms with Crippen molar-refractivity contribution in [1.29, 1.82) is 5.41 Å². The molecule has 1 aromatic heterocycles. The topological polar surface area (TPSA) is 49.9 Å². The molecule has 0 radical (unpaired) electrons. The Kier molecular flexibility index (Phi) is 6.60. The first-order valence-electron chi connectivity index (χ1n) is 14.5. The number of fused-ring (bicyclic) bond motifs is 10. The minimum Gasteiger partial charge on any atom is -0.398 e. The van der Waals surface area contributed by atoms with Crippen LogP contribution in [0.25, 0.3) is 70.2 Å². The molecule has 0 saturated carbocycles. The van der Waals surface area contributed by atoms with Crippen LogP contribution in [0.5, 0.6) is 0 Å². The maximum absolute atomic E-state index is 7.70. The Morgan fingerprint density at radius 1 is 0.857 bits per heavy atom. The van der Waals surface area contributed by atoms with Gasteiger partial charge in [0.1, 0.15) is 0 Å². The molecule has 0 saturated heterocycles. The van der Waals surface area contributed by atoms with E-state index >= 15 is 0 Å². The van der Waals surface area contributed by atoms with Gasteiger partial charge in [0, 0.05) is 37.5 Å². The zero-order valence-corrected chi connectivity index (χ0v) is 24.7. The molecule has 7 rings (SSSR count). The maximum atomic E-state index is 7.70. The molecule has 6 aromatic rings. The van der Waals surface area contributed by atoms with E-state index in [1.807, 2.05) is 42.6 Å². The quantitative estimate of drug-likeness (QED) is 0.123. The SMILES string of the molecule is C/C=C\C=C(/N)c1cc(/C(C)=C/C=N)cc(-c2cc3c4ccccc4c4c(c3c3sc5ccccc5c23)C=CCC4)c1. The number of hydrogen-bond donors (Lipinski definition) is 2. The van der Waals surface area contributed by atoms with Crippen LogP contribution in [0.15, 0.2) is 103 Å². The standard InChI is InChI=1S/C39H32N2S/c1-3-4-16-35(41)27-21-25(24(2)18-19-40)20-26(22-27)33-23-34-30-13-6-5-11-28(30)29-12-7-8-14-31(29)37(34)39-38(33)32-15-9-10-17-36(32)42-39/h3-6,8-11,13-23,40H,7,12,41H2,1-2H3/b4-3-,24-18+,35-16-,40-19?. The van der Waals surface area contributed by atoms with Crippen molar-refractivity contribution in [2.24, 2.45) is 5.73 Å². The second kappa shape index (κ2) is 10.6. The molecule has 1 heterocycles. The Morgan fingerprint density at radius 2 is 1.62 bits per heavy atom. The van der Waals surface area contributed by atoms with E-state index in [4.69, 9.17) is 11.1 Å². The summed E-state index contributed by atoms with van der Waals surface area (Å²) in [7, 11) is 0. The highest BCUT2D eigenvalue weighted by Gasteiger charge is 2.22. The predicted molar refractivity (Wildman–Crippen MR) is 187 cm³/mol. The second-order valence-corrected chi connectivity index (χ2v) is 12.0. The summed E-state index contributed by atoms with van der Waals surface area (Å²) in [6.45, 7) is 4.05. The van der Waals surface area contributed by atoms with Gasteiger partial charge in [-0.1, -0.05) is 66.8 Å². The van der Waals surface area contributed by atoms with Gasteiger partial charge in [-0.05, 0) is 124 Å². The molecule has 3 heteroatoms. The molecule has 0 bridgehead atoms. The highest BCUT2D eigenvalue weighted by Crippen LogP contribution is 2.49. The number of thiophene rings is 1. The van der Waals surface area contributed by atoms with Crippen LogP contribution >= 0.6 is 11.3 Å². The van der Waals surface area contributed by atoms with Gasteiger partial charge in [-0.2, -0.15) is 0 Å². The number of nitrogens with one attached hydrogen (secondary N) is 1. The average molecular weight is 561 g/mol. The molecule has 1 aliphatic carbocycles. The Bertz CT molecular complexity index is 2190. The largest absolute Gasteiger partial charge is 0.398 e. The van der Waals surface area contributed by atoms with E-state index in [9.17, 15) is 0 Å². The molecule has 42 heavy (non-hydrogen) atoms. The van der Waals surface area contributed by atoms with Crippen LogP contribution in [0.3, 0.4) is 0 Å². The lowest BCUT2D eigenvalue weighted by Gasteiger charge is -2.20. The summed E-state index contributed by atoms with van der Waals surface area (Å²) in [5.74, 6) is 0. The lowest BCUT2D eigenvalue weighted by molar-refractivity contribution is 1.00. The molecule has 3 N–H and O–H groups in total. The lowest BCUT2D eigenvalue weighted by atomic mass is 9.84. The van der Waals surface area contributed by atoms with Crippen molar-refractivity contribution in [2.75, 3.05) is 0 Å². The normalized spacial score (nSPS) is 14.0. The van der Waals surface area contributed by atoms with Crippen LogP contribution in [0.2, 0.25) is 0 Å². The van der Waals surface area contributed by atoms with Gasteiger partial charge in [-0.3, -0.25) is 0 Å². The van der Waals surface area contributed by atoms with Gasteiger partial charge in [0.2, 0.25) is 0 Å². The van der Waals surface area contributed by atoms with Gasteiger partial charge in [-0.15, -0.1) is 11.3 Å². The second-order valence-electron chi connectivity index (χ2n) is 11.0. The molecule has 0 spiro atoms. The number of allylic oxidation sites excluding steroid dienone is 6. The minimum atomic E-state index is 0.718. The summed E-state index contributed by atoms with van der Waals surface area (Å²) in [6, 6.07) is 26.7. The lowest BCUT2D eigenvalue weighted by Crippen LogP contribution is -1.99. The van der Waals surface area contributed by atoms with Gasteiger partial charge in [0.05, 0.1) is 0 Å². The Hall–Kier alpha value is -4.73. The summed E-state index contributed by atoms with van der Waals surface area (Å²) < 4.78 is 2.64. The zero-order valence-electron chi connectivity index (χ0n) is 23.9. The van der Waals surface area contributed by atoms with E-state index in [2.05, 4.69) is 91.9 Å². The van der Waals surface area contributed by atoms with E-state index in [-0.39, 0.29) is 0 Å². The van der Waals surface area contributed by atoms with Crippen LogP contribution in [0.1, 0.15) is 42.5 Å². The summed E-state index contributed by atoms with van der Waals surface area (Å²) >= 11 is 1.90. The number of benzene rings is 5. The smallest absolute Gasteiger partial charge is 0.0446 e. The fourth-order valence-corrected chi connectivity index (χ4v) is 7.75. The van der Waals surface area contributed by atoms with Crippen molar-refractivity contribution >= 4 is 76.6 Å². The van der Waals surface area contributed by atoms with Crippen LogP contribution in [-0.4, -0.2) is 6.21 Å². The van der Waals surface area contributed by atoms with E-state index in [1.165, 1.54) is 64.6 Å². The van der Waals surface area contributed by atoms with E-state index < -0.39 is 0 Å². The fraction of sp³-hybridized carbons (Fsp3) is 0.103. The fourth-order valence-electron chi connectivity index (χ4n) is 6.46. The molecular weight excluding hydrogens is 529 g/mol. The molecule has 2 nitrogen and oxygen atoms in total. The summed E-state index contributed by atoms with van der Waals surface area (Å²) in [5, 5.41) is 15.6. The molecule has 0 fully saturated rings. The first-order valence-corrected chi connectivity index (χ1v) is 15.3. The number of nitrogens with two attached hydrogens (primary N) is 1. The molecule has 204 valence electrons. The van der Waals surface area contributed by atoms with Gasteiger partial charge >= 0.3 is 0 Å². The molecule has 0 aliphatic heterocycles. The minimum absolute atomic E-state index is 0.718. The van der Waals surface area contributed by atoms with E-state index in [0.717, 1.165) is 40.8 Å². The number of rotatable bonds is 5. The van der Waals surface area contributed by atoms with Crippen molar-refractivity contribution < 1.29 is 0 Å². The van der Waals surface area contributed by atoms with Crippen LogP contribution in [-0.2, 0) is 6.42 Å². The van der Waals surface area contributed by atoms with Crippen LogP contribution < -0.4 is 5.73 Å². The van der Waals surface area contributed by atoms with Crippen LogP contribution in [0.4, 0.5) is 0 Å². The highest BCUT2D eigenvalue weighted by atomic mass is 32.1. The molecular formula is C39H32N2S. The third kappa shape index (κ3) is 4.20. The zero-order chi connectivity index (χ0) is 28.8. The van der Waals surface area contributed by atoms with Gasteiger partial charge in [0.15, 0.2) is 0 Å². The predicted octanol–water partition coefficient (Wildman–Crippen LogP) is 10.9. The third-order valence-corrected chi connectivity index (χ3v) is 9.65. The molecule has 0 atom stereocenters. The van der Waals surface area contributed by atoms with Crippen molar-refractivity contribution in [3.63, 3.8) is 0 Å². The van der Waals surface area contributed by atoms with E-state index in [0.29, 0.717) is 0 Å². The number of aryl methyl sites for hydroxylation is 1. The Balaban J connectivity index is 1.67. The van der Waals surface area contributed by atoms with Gasteiger partial charge < -0.3 is 11.1 Å². The maximum Gasteiger partial charge on any atom is 0.0446 e. The summed E-state index contributed by atoms with van der Waals surface area (Å²) in [6.07, 6.45) is 16.0. The summed E-state index contributed by atoms with van der Waals surface area (Å²) in [5.41, 5.74) is 15.6. The molecule has 5 aromatic carbocycles. The van der Waals surface area contributed by atoms with Crippen molar-refractivity contribution in [3.8, 4) is 11.1 Å². The highest BCUT2D eigenvalue weighted by molar-refractivity contribution is 7.26. The monoisotopic (exact) mass is 560 g/mol. The van der Waals surface area contributed by atoms with Gasteiger partial charge in [-0.25, -0.2) is 0 Å². The first-order chi connectivity index (χ1) is 20.6. The van der Waals surface area contributed by atoms with Crippen LogP contribution in [0, 0.1) is 5.41 Å². The molecule has 1 aliphatic rings. The van der Waals surface area contributed by atoms with Crippen molar-refractivity contribution in [3.05, 3.63) is 125 Å². The molecule has 0 amide bonds. The average Bonchev–Trinajstić information content (AvgIpc) is 3.42. The Morgan fingerprint density at radius 3 is 2.43 bits per heavy atom. The molecule has 0 unspecified atom stereocenters. The van der Waals surface area contributed by atoms with Crippen molar-refractivity contribution in [1.82, 2.24) is 0 Å². The number of hydrogen-bond acceptors (Lipinski definition) is 3. The van der Waals surface area contributed by atoms with E-state index in [1.54, 1.807) is 0 Å². The van der Waals surface area contributed by atoms with Gasteiger partial charge in [0.25, 0.3) is 0 Å². The first kappa shape index (κ1) is 26.2. The summed E-state index contributed by atoms with van der Waals surface area (Å²) in [4.78, 5) is 0. The van der Waals surface area contributed by atoms with Crippen molar-refractivity contribution in [2.45, 2.75) is 26.7 Å². The third-order valence-electron chi connectivity index (χ3n) is 8.47. The Labute approximate surface area is 250 Å².